The molecule has 0 radical (unpaired) electrons. The van der Waals surface area contributed by atoms with E-state index in [4.69, 9.17) is 0 Å². The van der Waals surface area contributed by atoms with Crippen LogP contribution in [0, 0.1) is 5.92 Å². The van der Waals surface area contributed by atoms with E-state index in [0.717, 1.165) is 12.8 Å². The van der Waals surface area contributed by atoms with Gasteiger partial charge in [-0.05, 0) is 39.0 Å². The van der Waals surface area contributed by atoms with Crippen molar-refractivity contribution in [3.63, 3.8) is 0 Å². The molecule has 0 aliphatic carbocycles. The van der Waals surface area contributed by atoms with Crippen LogP contribution in [0.5, 0.6) is 0 Å². The number of hydrogen-bond donors (Lipinski definition) is 0. The second-order valence-corrected chi connectivity index (χ2v) is 5.34. The maximum atomic E-state index is 10.1. The fourth-order valence-corrected chi connectivity index (χ4v) is 1.58. The van der Waals surface area contributed by atoms with Crippen LogP contribution in [0.4, 0.5) is 0 Å². The lowest BCUT2D eigenvalue weighted by Crippen LogP contribution is -2.04. The van der Waals surface area contributed by atoms with Crippen LogP contribution in [0.3, 0.4) is 0 Å². The van der Waals surface area contributed by atoms with Gasteiger partial charge in [0, 0.05) is 0 Å². The molecule has 0 rings (SSSR count). The standard InChI is InChI=1S/C12H22O4S/c1-11(2)7-6-9-12(3)8-4-5-10-16-17(13,14)15/h4,7-8,12H,5-6,9-10H2,1-3H3,(H,13,14,15)/p-1/b8-4+. The summed E-state index contributed by atoms with van der Waals surface area (Å²) in [6.07, 6.45) is 8.59. The van der Waals surface area contributed by atoms with Crippen molar-refractivity contribution in [1.29, 1.82) is 0 Å². The number of hydrogen-bond acceptors (Lipinski definition) is 4. The van der Waals surface area contributed by atoms with E-state index >= 15 is 0 Å². The lowest BCUT2D eigenvalue weighted by molar-refractivity contribution is 0.266. The lowest BCUT2D eigenvalue weighted by atomic mass is 10.0. The van der Waals surface area contributed by atoms with Gasteiger partial charge in [-0.3, -0.25) is 4.18 Å². The molecule has 17 heavy (non-hydrogen) atoms. The van der Waals surface area contributed by atoms with Gasteiger partial charge in [-0.25, -0.2) is 8.42 Å². The van der Waals surface area contributed by atoms with Gasteiger partial charge >= 0.3 is 0 Å². The Morgan fingerprint density at radius 2 is 2.00 bits per heavy atom. The largest absolute Gasteiger partial charge is 0.726 e. The van der Waals surface area contributed by atoms with E-state index in [2.05, 4.69) is 31.0 Å². The van der Waals surface area contributed by atoms with Crippen molar-refractivity contribution in [1.82, 2.24) is 0 Å². The molecule has 1 unspecified atom stereocenters. The Morgan fingerprint density at radius 1 is 1.35 bits per heavy atom. The zero-order chi connectivity index (χ0) is 13.3. The van der Waals surface area contributed by atoms with E-state index in [1.54, 1.807) is 0 Å². The van der Waals surface area contributed by atoms with Gasteiger partial charge in [-0.2, -0.15) is 0 Å². The first-order valence-corrected chi connectivity index (χ1v) is 7.05. The van der Waals surface area contributed by atoms with E-state index in [9.17, 15) is 13.0 Å². The van der Waals surface area contributed by atoms with Crippen molar-refractivity contribution in [3.8, 4) is 0 Å². The van der Waals surface area contributed by atoms with E-state index in [1.807, 2.05) is 12.2 Å². The highest BCUT2D eigenvalue weighted by Gasteiger charge is 1.96. The molecule has 4 nitrogen and oxygen atoms in total. The Hall–Kier alpha value is -0.650. The average molecular weight is 261 g/mol. The van der Waals surface area contributed by atoms with Crippen LogP contribution in [-0.2, 0) is 14.6 Å². The quantitative estimate of drug-likeness (QED) is 0.291. The first-order chi connectivity index (χ1) is 7.81. The second kappa shape index (κ2) is 8.44. The summed E-state index contributed by atoms with van der Waals surface area (Å²) in [5.41, 5.74) is 1.32. The molecule has 0 spiro atoms. The Labute approximate surface area is 104 Å². The second-order valence-electron chi connectivity index (χ2n) is 4.28. The smallest absolute Gasteiger partial charge is 0.217 e. The molecule has 0 bridgehead atoms. The summed E-state index contributed by atoms with van der Waals surface area (Å²) < 4.78 is 34.5. The Bertz CT molecular complexity index is 351. The molecule has 0 saturated heterocycles. The van der Waals surface area contributed by atoms with Crippen LogP contribution in [0.15, 0.2) is 23.8 Å². The topological polar surface area (TPSA) is 66.4 Å². The van der Waals surface area contributed by atoms with Crippen molar-refractivity contribution in [2.45, 2.75) is 40.0 Å². The first-order valence-electron chi connectivity index (χ1n) is 5.71. The van der Waals surface area contributed by atoms with Gasteiger partial charge in [0.2, 0.25) is 10.4 Å². The van der Waals surface area contributed by atoms with Gasteiger partial charge < -0.3 is 4.55 Å². The summed E-state index contributed by atoms with van der Waals surface area (Å²) in [5, 5.41) is 0. The normalized spacial score (nSPS) is 13.9. The van der Waals surface area contributed by atoms with Crippen LogP contribution < -0.4 is 0 Å². The summed E-state index contributed by atoms with van der Waals surface area (Å²) in [4.78, 5) is 0. The molecule has 100 valence electrons. The molecule has 0 heterocycles. The highest BCUT2D eigenvalue weighted by molar-refractivity contribution is 7.80. The van der Waals surface area contributed by atoms with Gasteiger partial charge in [0.15, 0.2) is 0 Å². The molecule has 0 N–H and O–H groups in total. The Morgan fingerprint density at radius 3 is 2.53 bits per heavy atom. The van der Waals surface area contributed by atoms with Crippen LogP contribution in [0.25, 0.3) is 0 Å². The van der Waals surface area contributed by atoms with Gasteiger partial charge in [0.05, 0.1) is 6.61 Å². The van der Waals surface area contributed by atoms with Crippen molar-refractivity contribution < 1.29 is 17.2 Å². The van der Waals surface area contributed by atoms with Crippen molar-refractivity contribution in [2.75, 3.05) is 6.61 Å². The summed E-state index contributed by atoms with van der Waals surface area (Å²) >= 11 is 0. The number of rotatable bonds is 8. The maximum Gasteiger partial charge on any atom is 0.217 e. The molecule has 0 amide bonds. The zero-order valence-corrected chi connectivity index (χ0v) is 11.5. The van der Waals surface area contributed by atoms with E-state index in [0.29, 0.717) is 12.3 Å². The molecular weight excluding hydrogens is 240 g/mol. The fraction of sp³-hybridized carbons (Fsp3) is 0.667. The van der Waals surface area contributed by atoms with Gasteiger partial charge in [0.1, 0.15) is 0 Å². The minimum absolute atomic E-state index is 0.0803. The fourth-order valence-electron chi connectivity index (χ4n) is 1.28. The van der Waals surface area contributed by atoms with Gasteiger partial charge in [-0.15, -0.1) is 0 Å². The molecule has 5 heteroatoms. The predicted octanol–water partition coefficient (Wildman–Crippen LogP) is 2.79. The molecule has 0 aromatic heterocycles. The molecule has 0 aromatic carbocycles. The minimum atomic E-state index is -4.54. The summed E-state index contributed by atoms with van der Waals surface area (Å²) in [6, 6.07) is 0. The minimum Gasteiger partial charge on any atom is -0.726 e. The van der Waals surface area contributed by atoms with Gasteiger partial charge in [0.25, 0.3) is 0 Å². The Balaban J connectivity index is 3.67. The summed E-state index contributed by atoms with van der Waals surface area (Å²) in [5.74, 6) is 0.439. The van der Waals surface area contributed by atoms with Gasteiger partial charge in [-0.1, -0.05) is 30.7 Å². The molecule has 0 aliphatic rings. The molecular formula is C12H21O4S-. The Kier molecular flexibility index (Phi) is 8.12. The third kappa shape index (κ3) is 13.3. The van der Waals surface area contributed by atoms with Crippen LogP contribution in [-0.4, -0.2) is 19.6 Å². The highest BCUT2D eigenvalue weighted by Crippen LogP contribution is 2.09. The third-order valence-electron chi connectivity index (χ3n) is 2.15. The van der Waals surface area contributed by atoms with E-state index in [-0.39, 0.29) is 6.61 Å². The maximum absolute atomic E-state index is 10.1. The highest BCUT2D eigenvalue weighted by atomic mass is 32.3. The van der Waals surface area contributed by atoms with E-state index < -0.39 is 10.4 Å². The molecule has 1 atom stereocenters. The zero-order valence-electron chi connectivity index (χ0n) is 10.7. The molecule has 0 aromatic rings. The molecule has 0 aliphatic heterocycles. The summed E-state index contributed by atoms with van der Waals surface area (Å²) in [7, 11) is -4.54. The molecule has 0 saturated carbocycles. The van der Waals surface area contributed by atoms with Crippen LogP contribution in [0.2, 0.25) is 0 Å². The lowest BCUT2D eigenvalue weighted by Gasteiger charge is -2.06. The first kappa shape index (κ1) is 16.4. The van der Waals surface area contributed by atoms with Crippen LogP contribution in [0.1, 0.15) is 40.0 Å². The molecule has 0 fully saturated rings. The third-order valence-corrected chi connectivity index (χ3v) is 2.61. The SMILES string of the molecule is CC(C)=CCCC(C)/C=C/CCOS(=O)(=O)[O-]. The van der Waals surface area contributed by atoms with E-state index in [1.165, 1.54) is 5.57 Å². The van der Waals surface area contributed by atoms with Crippen molar-refractivity contribution in [3.05, 3.63) is 23.8 Å². The monoisotopic (exact) mass is 261 g/mol. The van der Waals surface area contributed by atoms with Crippen molar-refractivity contribution in [2.24, 2.45) is 5.92 Å². The summed E-state index contributed by atoms with van der Waals surface area (Å²) in [6.45, 7) is 6.16. The van der Waals surface area contributed by atoms with Crippen LogP contribution >= 0.6 is 0 Å². The average Bonchev–Trinajstić information content (AvgIpc) is 2.14. The van der Waals surface area contributed by atoms with Crippen molar-refractivity contribution >= 4 is 10.4 Å². The predicted molar refractivity (Wildman–Crippen MR) is 67.2 cm³/mol. The number of allylic oxidation sites excluding steroid dienone is 3.